The maximum atomic E-state index is 5.21. The van der Waals surface area contributed by atoms with E-state index in [1.54, 1.807) is 23.3 Å². The van der Waals surface area contributed by atoms with Gasteiger partial charge in [0.25, 0.3) is 5.89 Å². The Morgan fingerprint density at radius 2 is 2.05 bits per heavy atom. The first-order chi connectivity index (χ1) is 10.3. The van der Waals surface area contributed by atoms with Gasteiger partial charge < -0.3 is 9.84 Å². The molecule has 3 aromatic rings. The number of nitrogens with zero attached hydrogens (tertiary/aromatic N) is 7. The van der Waals surface area contributed by atoms with Gasteiger partial charge in [0.15, 0.2) is 5.69 Å². The van der Waals surface area contributed by atoms with Gasteiger partial charge in [0.1, 0.15) is 0 Å². The maximum absolute atomic E-state index is 5.21. The van der Waals surface area contributed by atoms with Crippen LogP contribution < -0.4 is 5.32 Å². The largest absolute Gasteiger partial charge is 0.332 e. The van der Waals surface area contributed by atoms with Crippen molar-refractivity contribution in [1.29, 1.82) is 0 Å². The minimum atomic E-state index is 0.313. The Balaban J connectivity index is 1.61. The molecule has 0 atom stereocenters. The van der Waals surface area contributed by atoms with E-state index in [4.69, 9.17) is 4.52 Å². The van der Waals surface area contributed by atoms with E-state index in [9.17, 15) is 0 Å². The van der Waals surface area contributed by atoms with Gasteiger partial charge in [-0.25, -0.2) is 14.6 Å². The SMILES string of the molecule is Cc1cnc(-c2noc(-c3cn(C4CNC4)nn3)n2)nc1. The quantitative estimate of drug-likeness (QED) is 0.728. The van der Waals surface area contributed by atoms with Crippen LogP contribution in [0.15, 0.2) is 23.1 Å². The summed E-state index contributed by atoms with van der Waals surface area (Å²) < 4.78 is 7.01. The summed E-state index contributed by atoms with van der Waals surface area (Å²) in [5.74, 6) is 1.07. The standard InChI is InChI=1S/C12H12N8O/c1-7-2-14-10(15-3-7)11-16-12(21-18-11)9-6-20(19-17-9)8-4-13-5-8/h2-3,6,8,13H,4-5H2,1H3. The first kappa shape index (κ1) is 12.1. The molecule has 9 heteroatoms. The fraction of sp³-hybridized carbons (Fsp3) is 0.333. The molecule has 0 bridgehead atoms. The van der Waals surface area contributed by atoms with Crippen LogP contribution in [-0.2, 0) is 0 Å². The van der Waals surface area contributed by atoms with Crippen LogP contribution in [0, 0.1) is 6.92 Å². The Morgan fingerprint density at radius 1 is 1.24 bits per heavy atom. The van der Waals surface area contributed by atoms with Gasteiger partial charge in [-0.3, -0.25) is 0 Å². The van der Waals surface area contributed by atoms with Crippen molar-refractivity contribution in [3.63, 3.8) is 0 Å². The molecule has 1 fully saturated rings. The molecule has 1 aliphatic rings. The topological polar surface area (TPSA) is 107 Å². The summed E-state index contributed by atoms with van der Waals surface area (Å²) in [5.41, 5.74) is 1.52. The highest BCUT2D eigenvalue weighted by Gasteiger charge is 2.22. The second-order valence-corrected chi connectivity index (χ2v) is 4.90. The summed E-state index contributed by atoms with van der Waals surface area (Å²) in [4.78, 5) is 12.6. The Kier molecular flexibility index (Phi) is 2.71. The average Bonchev–Trinajstić information content (AvgIpc) is 3.06. The Hall–Kier alpha value is -2.68. The molecular weight excluding hydrogens is 272 g/mol. The van der Waals surface area contributed by atoms with E-state index in [1.165, 1.54) is 0 Å². The number of aromatic nitrogens is 7. The molecule has 0 aromatic carbocycles. The number of hydrogen-bond acceptors (Lipinski definition) is 8. The third kappa shape index (κ3) is 2.17. The summed E-state index contributed by atoms with van der Waals surface area (Å²) in [6.45, 7) is 3.71. The van der Waals surface area contributed by atoms with Gasteiger partial charge >= 0.3 is 0 Å². The Labute approximate surface area is 119 Å². The van der Waals surface area contributed by atoms with Crippen molar-refractivity contribution in [2.45, 2.75) is 13.0 Å². The summed E-state index contributed by atoms with van der Waals surface area (Å²) in [6, 6.07) is 0.342. The molecular formula is C12H12N8O. The average molecular weight is 284 g/mol. The highest BCUT2D eigenvalue weighted by molar-refractivity contribution is 5.50. The van der Waals surface area contributed by atoms with Crippen LogP contribution in [0.4, 0.5) is 0 Å². The van der Waals surface area contributed by atoms with E-state index < -0.39 is 0 Å². The monoisotopic (exact) mass is 284 g/mol. The molecule has 9 nitrogen and oxygen atoms in total. The minimum Gasteiger partial charge on any atom is -0.332 e. The van der Waals surface area contributed by atoms with Crippen molar-refractivity contribution in [2.75, 3.05) is 13.1 Å². The molecule has 1 saturated heterocycles. The summed E-state index contributed by atoms with van der Waals surface area (Å²) in [7, 11) is 0. The third-order valence-electron chi connectivity index (χ3n) is 3.27. The predicted octanol–water partition coefficient (Wildman–Crippen LogP) is 0.238. The van der Waals surface area contributed by atoms with Gasteiger partial charge in [0, 0.05) is 25.5 Å². The van der Waals surface area contributed by atoms with Gasteiger partial charge in [-0.2, -0.15) is 4.98 Å². The molecule has 3 aromatic heterocycles. The van der Waals surface area contributed by atoms with E-state index in [-0.39, 0.29) is 0 Å². The molecule has 106 valence electrons. The molecule has 0 amide bonds. The molecule has 1 N–H and O–H groups in total. The first-order valence-electron chi connectivity index (χ1n) is 6.55. The zero-order valence-electron chi connectivity index (χ0n) is 11.3. The lowest BCUT2D eigenvalue weighted by atomic mass is 10.2. The van der Waals surface area contributed by atoms with Gasteiger partial charge in [-0.05, 0) is 12.5 Å². The molecule has 0 aliphatic carbocycles. The highest BCUT2D eigenvalue weighted by Crippen LogP contribution is 2.19. The Morgan fingerprint density at radius 3 is 2.76 bits per heavy atom. The predicted molar refractivity (Wildman–Crippen MR) is 71.0 cm³/mol. The zero-order valence-corrected chi connectivity index (χ0v) is 11.3. The van der Waals surface area contributed by atoms with E-state index in [0.29, 0.717) is 29.3 Å². The van der Waals surface area contributed by atoms with Crippen molar-refractivity contribution in [2.24, 2.45) is 0 Å². The summed E-state index contributed by atoms with van der Waals surface area (Å²) in [6.07, 6.45) is 5.22. The lowest BCUT2D eigenvalue weighted by molar-refractivity contribution is 0.313. The molecule has 0 saturated carbocycles. The molecule has 0 spiro atoms. The Bertz CT molecular complexity index is 758. The number of rotatable bonds is 3. The zero-order chi connectivity index (χ0) is 14.2. The van der Waals surface area contributed by atoms with Crippen molar-refractivity contribution in [1.82, 2.24) is 40.4 Å². The highest BCUT2D eigenvalue weighted by atomic mass is 16.5. The van der Waals surface area contributed by atoms with E-state index in [0.717, 1.165) is 18.7 Å². The molecule has 4 rings (SSSR count). The normalized spacial score (nSPS) is 15.1. The van der Waals surface area contributed by atoms with Crippen LogP contribution in [0.3, 0.4) is 0 Å². The molecule has 4 heterocycles. The van der Waals surface area contributed by atoms with Crippen LogP contribution in [0.5, 0.6) is 0 Å². The van der Waals surface area contributed by atoms with Gasteiger partial charge in [-0.1, -0.05) is 10.4 Å². The van der Waals surface area contributed by atoms with Crippen LogP contribution in [0.1, 0.15) is 11.6 Å². The second kappa shape index (κ2) is 4.70. The molecule has 0 unspecified atom stereocenters. The van der Waals surface area contributed by atoms with Gasteiger partial charge in [-0.15, -0.1) is 5.10 Å². The van der Waals surface area contributed by atoms with Crippen molar-refractivity contribution < 1.29 is 4.52 Å². The van der Waals surface area contributed by atoms with Crippen molar-refractivity contribution in [3.05, 3.63) is 24.2 Å². The van der Waals surface area contributed by atoms with Gasteiger partial charge in [0.2, 0.25) is 11.6 Å². The number of hydrogen-bond donors (Lipinski definition) is 1. The van der Waals surface area contributed by atoms with Crippen LogP contribution >= 0.6 is 0 Å². The molecule has 1 aliphatic heterocycles. The van der Waals surface area contributed by atoms with Crippen LogP contribution in [0.25, 0.3) is 23.2 Å². The van der Waals surface area contributed by atoms with Crippen LogP contribution in [0.2, 0.25) is 0 Å². The smallest absolute Gasteiger partial charge is 0.280 e. The molecule has 0 radical (unpaired) electrons. The lowest BCUT2D eigenvalue weighted by Crippen LogP contribution is -2.43. The van der Waals surface area contributed by atoms with Crippen molar-refractivity contribution in [3.8, 4) is 23.2 Å². The van der Waals surface area contributed by atoms with E-state index >= 15 is 0 Å². The first-order valence-corrected chi connectivity index (χ1v) is 6.55. The fourth-order valence-corrected chi connectivity index (χ4v) is 1.94. The lowest BCUT2D eigenvalue weighted by Gasteiger charge is -2.26. The van der Waals surface area contributed by atoms with Gasteiger partial charge in [0.05, 0.1) is 12.2 Å². The fourth-order valence-electron chi connectivity index (χ4n) is 1.94. The summed E-state index contributed by atoms with van der Waals surface area (Å²) in [5, 5.41) is 15.2. The van der Waals surface area contributed by atoms with E-state index in [2.05, 4.69) is 35.7 Å². The summed E-state index contributed by atoms with van der Waals surface area (Å²) >= 11 is 0. The number of nitrogens with one attached hydrogen (secondary N) is 1. The third-order valence-corrected chi connectivity index (χ3v) is 3.27. The van der Waals surface area contributed by atoms with Crippen molar-refractivity contribution >= 4 is 0 Å². The number of aryl methyl sites for hydroxylation is 1. The minimum absolute atomic E-state index is 0.313. The molecule has 21 heavy (non-hydrogen) atoms. The maximum Gasteiger partial charge on any atom is 0.280 e. The van der Waals surface area contributed by atoms with Crippen LogP contribution in [-0.4, -0.2) is 48.2 Å². The second-order valence-electron chi connectivity index (χ2n) is 4.90. The van der Waals surface area contributed by atoms with E-state index in [1.807, 2.05) is 6.92 Å².